The van der Waals surface area contributed by atoms with Crippen molar-refractivity contribution in [2.45, 2.75) is 51.3 Å². The van der Waals surface area contributed by atoms with Crippen LogP contribution in [0.2, 0.25) is 0 Å². The fraction of sp³-hybridized carbons (Fsp3) is 0.270. The SMILES string of the molecule is C=C1CNC(c2ncc(-c3ccc4cc(-c5ccc(-c6cnc(C7CC(=C)CN7C(=O)OC(C)(C)C)[nH]6)cc5)ccc4c3)[nH]2)C1. The predicted octanol–water partition coefficient (Wildman–Crippen LogP) is 8.12. The topological polar surface area (TPSA) is 98.9 Å². The molecule has 2 aliphatic rings. The number of rotatable bonds is 5. The molecule has 1 amide bonds. The Balaban J connectivity index is 1.06. The Bertz CT molecular complexity index is 1930. The van der Waals surface area contributed by atoms with Crippen molar-refractivity contribution < 1.29 is 9.53 Å². The second kappa shape index (κ2) is 11.2. The standard InChI is InChI=1S/C37H38N6O2/c1-22-14-30(38-18-22)34-39-20-32(41-34)29-13-12-27-16-26(10-11-28(27)17-29)24-6-8-25(9-7-24)31-19-40-35(42-31)33-15-23(2)21-43(33)36(44)45-37(3,4)5/h6-13,16-17,19-20,30,33,38H,1-2,14-15,18,21H2,3-5H3,(H,39,41)(H,40,42). The van der Waals surface area contributed by atoms with Gasteiger partial charge in [-0.2, -0.15) is 0 Å². The van der Waals surface area contributed by atoms with E-state index in [0.717, 1.165) is 63.8 Å². The van der Waals surface area contributed by atoms with Gasteiger partial charge in [-0.15, -0.1) is 0 Å². The van der Waals surface area contributed by atoms with Crippen molar-refractivity contribution in [1.29, 1.82) is 0 Å². The number of likely N-dealkylation sites (tertiary alicyclic amines) is 1. The quantitative estimate of drug-likeness (QED) is 0.178. The molecule has 4 heterocycles. The molecule has 2 aromatic heterocycles. The fourth-order valence-corrected chi connectivity index (χ4v) is 6.20. The summed E-state index contributed by atoms with van der Waals surface area (Å²) in [4.78, 5) is 30.8. The molecule has 0 saturated carbocycles. The molecule has 0 spiro atoms. The first-order valence-corrected chi connectivity index (χ1v) is 15.4. The Morgan fingerprint density at radius 3 is 2.09 bits per heavy atom. The Morgan fingerprint density at radius 1 is 0.800 bits per heavy atom. The average molecular weight is 599 g/mol. The highest BCUT2D eigenvalue weighted by Crippen LogP contribution is 2.36. The number of nitrogens with one attached hydrogen (secondary N) is 3. The molecule has 2 aliphatic heterocycles. The summed E-state index contributed by atoms with van der Waals surface area (Å²) in [6.07, 6.45) is 4.98. The molecule has 8 heteroatoms. The summed E-state index contributed by atoms with van der Waals surface area (Å²) in [6, 6.07) is 21.5. The second-order valence-corrected chi connectivity index (χ2v) is 13.2. The number of H-pyrrole nitrogens is 2. The van der Waals surface area contributed by atoms with E-state index in [1.165, 1.54) is 16.3 Å². The molecule has 8 nitrogen and oxygen atoms in total. The number of imidazole rings is 2. The lowest BCUT2D eigenvalue weighted by atomic mass is 9.98. The van der Waals surface area contributed by atoms with Crippen molar-refractivity contribution in [3.63, 3.8) is 0 Å². The molecular weight excluding hydrogens is 560 g/mol. The van der Waals surface area contributed by atoms with Gasteiger partial charge in [0.25, 0.3) is 0 Å². The summed E-state index contributed by atoms with van der Waals surface area (Å²) in [5.74, 6) is 1.70. The third kappa shape index (κ3) is 5.93. The van der Waals surface area contributed by atoms with Crippen molar-refractivity contribution >= 4 is 16.9 Å². The van der Waals surface area contributed by atoms with Gasteiger partial charge in [0.15, 0.2) is 0 Å². The lowest BCUT2D eigenvalue weighted by molar-refractivity contribution is 0.0222. The Morgan fingerprint density at radius 2 is 1.40 bits per heavy atom. The fourth-order valence-electron chi connectivity index (χ4n) is 6.20. The molecule has 5 aromatic rings. The van der Waals surface area contributed by atoms with Gasteiger partial charge >= 0.3 is 6.09 Å². The van der Waals surface area contributed by atoms with Crippen LogP contribution in [0.3, 0.4) is 0 Å². The van der Waals surface area contributed by atoms with E-state index in [1.54, 1.807) is 4.90 Å². The number of aromatic amines is 2. The van der Waals surface area contributed by atoms with Gasteiger partial charge in [-0.3, -0.25) is 4.90 Å². The van der Waals surface area contributed by atoms with Crippen LogP contribution in [0.15, 0.2) is 97.4 Å². The van der Waals surface area contributed by atoms with Crippen molar-refractivity contribution in [3.8, 4) is 33.6 Å². The van der Waals surface area contributed by atoms with Crippen LogP contribution in [0.5, 0.6) is 0 Å². The van der Waals surface area contributed by atoms with E-state index >= 15 is 0 Å². The molecule has 3 aromatic carbocycles. The van der Waals surface area contributed by atoms with Gasteiger partial charge in [-0.25, -0.2) is 14.8 Å². The van der Waals surface area contributed by atoms with Gasteiger partial charge in [-0.1, -0.05) is 72.8 Å². The van der Waals surface area contributed by atoms with Gasteiger partial charge in [0, 0.05) is 18.7 Å². The molecule has 2 fully saturated rings. The molecule has 0 bridgehead atoms. The van der Waals surface area contributed by atoms with Crippen LogP contribution in [-0.4, -0.2) is 49.6 Å². The first kappa shape index (κ1) is 28.8. The van der Waals surface area contributed by atoms with E-state index < -0.39 is 5.60 Å². The van der Waals surface area contributed by atoms with E-state index in [1.807, 2.05) is 33.2 Å². The number of ether oxygens (including phenoxy) is 1. The Labute approximate surface area is 263 Å². The molecule has 0 aliphatic carbocycles. The van der Waals surface area contributed by atoms with Crippen LogP contribution in [0.25, 0.3) is 44.4 Å². The summed E-state index contributed by atoms with van der Waals surface area (Å²) in [7, 11) is 0. The molecule has 228 valence electrons. The molecule has 3 N–H and O–H groups in total. The van der Waals surface area contributed by atoms with Crippen LogP contribution < -0.4 is 5.32 Å². The zero-order valence-electron chi connectivity index (χ0n) is 26.0. The van der Waals surface area contributed by atoms with Crippen molar-refractivity contribution in [3.05, 3.63) is 109 Å². The summed E-state index contributed by atoms with van der Waals surface area (Å²) < 4.78 is 5.64. The minimum Gasteiger partial charge on any atom is -0.444 e. The van der Waals surface area contributed by atoms with Crippen LogP contribution in [0.1, 0.15) is 57.3 Å². The highest BCUT2D eigenvalue weighted by molar-refractivity contribution is 5.90. The monoisotopic (exact) mass is 598 g/mol. The molecule has 2 saturated heterocycles. The summed E-state index contributed by atoms with van der Waals surface area (Å²) in [5.41, 5.74) is 7.98. The minimum absolute atomic E-state index is 0.207. The number of carbonyl (C=O) groups is 1. The normalized spacial score (nSPS) is 18.7. The lowest BCUT2D eigenvalue weighted by Gasteiger charge is -2.27. The predicted molar refractivity (Wildman–Crippen MR) is 178 cm³/mol. The molecular formula is C37H38N6O2. The number of carbonyl (C=O) groups excluding carboxylic acids is 1. The second-order valence-electron chi connectivity index (χ2n) is 13.2. The van der Waals surface area contributed by atoms with Gasteiger partial charge in [0.2, 0.25) is 0 Å². The maximum absolute atomic E-state index is 12.9. The third-order valence-electron chi connectivity index (χ3n) is 8.49. The first-order valence-electron chi connectivity index (χ1n) is 15.4. The number of nitrogens with zero attached hydrogens (tertiary/aromatic N) is 3. The molecule has 2 atom stereocenters. The van der Waals surface area contributed by atoms with Gasteiger partial charge in [-0.05, 0) is 73.2 Å². The van der Waals surface area contributed by atoms with Crippen LogP contribution in [0.4, 0.5) is 4.79 Å². The largest absolute Gasteiger partial charge is 0.444 e. The van der Waals surface area contributed by atoms with Crippen LogP contribution in [0, 0.1) is 0 Å². The first-order chi connectivity index (χ1) is 21.6. The number of fused-ring (bicyclic) bond motifs is 1. The van der Waals surface area contributed by atoms with Crippen LogP contribution >= 0.6 is 0 Å². The summed E-state index contributed by atoms with van der Waals surface area (Å²) >= 11 is 0. The van der Waals surface area contributed by atoms with Crippen molar-refractivity contribution in [2.24, 2.45) is 0 Å². The van der Waals surface area contributed by atoms with E-state index in [2.05, 4.69) is 99.1 Å². The Hall–Kier alpha value is -4.95. The summed E-state index contributed by atoms with van der Waals surface area (Å²) in [6.45, 7) is 15.1. The highest BCUT2D eigenvalue weighted by Gasteiger charge is 2.36. The Kier molecular flexibility index (Phi) is 7.17. The number of hydrogen-bond donors (Lipinski definition) is 3. The van der Waals surface area contributed by atoms with Crippen molar-refractivity contribution in [1.82, 2.24) is 30.2 Å². The average Bonchev–Trinajstić information content (AvgIpc) is 3.83. The van der Waals surface area contributed by atoms with Crippen molar-refractivity contribution in [2.75, 3.05) is 13.1 Å². The highest BCUT2D eigenvalue weighted by atomic mass is 16.6. The maximum Gasteiger partial charge on any atom is 0.411 e. The summed E-state index contributed by atoms with van der Waals surface area (Å²) in [5, 5.41) is 5.82. The van der Waals surface area contributed by atoms with Gasteiger partial charge in [0.05, 0.1) is 35.9 Å². The molecule has 0 radical (unpaired) electrons. The number of benzene rings is 3. The number of hydrogen-bond acceptors (Lipinski definition) is 5. The van der Waals surface area contributed by atoms with E-state index in [-0.39, 0.29) is 18.2 Å². The number of aromatic nitrogens is 4. The van der Waals surface area contributed by atoms with E-state index in [4.69, 9.17) is 4.74 Å². The smallest absolute Gasteiger partial charge is 0.411 e. The lowest BCUT2D eigenvalue weighted by Crippen LogP contribution is -2.36. The van der Waals surface area contributed by atoms with Gasteiger partial charge in [0.1, 0.15) is 17.2 Å². The van der Waals surface area contributed by atoms with Gasteiger partial charge < -0.3 is 20.0 Å². The zero-order valence-corrected chi connectivity index (χ0v) is 26.0. The molecule has 2 unspecified atom stereocenters. The minimum atomic E-state index is -0.566. The number of amides is 1. The molecule has 45 heavy (non-hydrogen) atoms. The third-order valence-corrected chi connectivity index (χ3v) is 8.49. The van der Waals surface area contributed by atoms with E-state index in [9.17, 15) is 4.79 Å². The molecule has 7 rings (SSSR count). The maximum atomic E-state index is 12.9. The van der Waals surface area contributed by atoms with E-state index in [0.29, 0.717) is 13.0 Å². The zero-order chi connectivity index (χ0) is 31.3. The van der Waals surface area contributed by atoms with Crippen LogP contribution in [-0.2, 0) is 4.74 Å².